The summed E-state index contributed by atoms with van der Waals surface area (Å²) in [6, 6.07) is 7.30. The quantitative estimate of drug-likeness (QED) is 0.809. The van der Waals surface area contributed by atoms with Crippen LogP contribution in [0.1, 0.15) is 24.8 Å². The van der Waals surface area contributed by atoms with Gasteiger partial charge in [-0.15, -0.1) is 12.4 Å². The fraction of sp³-hybridized carbons (Fsp3) is 0.500. The van der Waals surface area contributed by atoms with Crippen LogP contribution in [-0.4, -0.2) is 32.0 Å². The number of nitrogens with one attached hydrogen (secondary N) is 1. The second-order valence-electron chi connectivity index (χ2n) is 4.72. The first-order valence-corrected chi connectivity index (χ1v) is 6.36. The van der Waals surface area contributed by atoms with Gasteiger partial charge in [0.15, 0.2) is 0 Å². The van der Waals surface area contributed by atoms with Crippen molar-refractivity contribution in [2.45, 2.75) is 25.2 Å². The number of ether oxygens (including phenoxy) is 1. The van der Waals surface area contributed by atoms with E-state index in [1.54, 1.807) is 19.2 Å². The van der Waals surface area contributed by atoms with Gasteiger partial charge in [-0.2, -0.15) is 0 Å². The number of carbonyl (C=O) groups is 1. The van der Waals surface area contributed by atoms with Crippen molar-refractivity contribution in [2.75, 3.05) is 20.2 Å². The lowest BCUT2D eigenvalue weighted by Gasteiger charge is -2.16. The molecule has 0 bridgehead atoms. The summed E-state index contributed by atoms with van der Waals surface area (Å²) in [6.45, 7) is 0.363. The van der Waals surface area contributed by atoms with Gasteiger partial charge in [0.1, 0.15) is 5.75 Å². The Morgan fingerprint density at radius 3 is 2.43 bits per heavy atom. The SMILES string of the molecule is COc1ccc(C(C)CC(=O)NCC(F)(F)CN)cc1.Cl. The van der Waals surface area contributed by atoms with Crippen LogP contribution in [0.25, 0.3) is 0 Å². The lowest BCUT2D eigenvalue weighted by Crippen LogP contribution is -2.41. The predicted molar refractivity (Wildman–Crippen MR) is 80.3 cm³/mol. The van der Waals surface area contributed by atoms with Crippen molar-refractivity contribution in [3.05, 3.63) is 29.8 Å². The smallest absolute Gasteiger partial charge is 0.277 e. The maximum absolute atomic E-state index is 12.9. The van der Waals surface area contributed by atoms with E-state index in [2.05, 4.69) is 5.32 Å². The van der Waals surface area contributed by atoms with Crippen molar-refractivity contribution in [3.63, 3.8) is 0 Å². The van der Waals surface area contributed by atoms with E-state index in [0.29, 0.717) is 0 Å². The molecule has 1 aromatic carbocycles. The molecule has 0 heterocycles. The third-order valence-electron chi connectivity index (χ3n) is 3.02. The summed E-state index contributed by atoms with van der Waals surface area (Å²) in [6.07, 6.45) is 0.146. The zero-order valence-corrected chi connectivity index (χ0v) is 12.9. The van der Waals surface area contributed by atoms with Crippen LogP contribution in [0.15, 0.2) is 24.3 Å². The molecule has 0 saturated heterocycles. The Morgan fingerprint density at radius 1 is 1.38 bits per heavy atom. The highest BCUT2D eigenvalue weighted by atomic mass is 35.5. The zero-order chi connectivity index (χ0) is 15.2. The molecule has 1 rings (SSSR count). The topological polar surface area (TPSA) is 64.3 Å². The summed E-state index contributed by atoms with van der Waals surface area (Å²) in [5, 5.41) is 2.20. The first kappa shape index (κ1) is 19.6. The zero-order valence-electron chi connectivity index (χ0n) is 12.1. The first-order valence-electron chi connectivity index (χ1n) is 6.36. The van der Waals surface area contributed by atoms with Gasteiger partial charge in [0, 0.05) is 6.42 Å². The number of alkyl halides is 2. The van der Waals surface area contributed by atoms with Gasteiger partial charge in [0.2, 0.25) is 5.91 Å². The van der Waals surface area contributed by atoms with Crippen LogP contribution < -0.4 is 15.8 Å². The lowest BCUT2D eigenvalue weighted by molar-refractivity contribution is -0.123. The molecule has 4 nitrogen and oxygen atoms in total. The molecular formula is C14H21ClF2N2O2. The van der Waals surface area contributed by atoms with Gasteiger partial charge in [-0.25, -0.2) is 8.78 Å². The van der Waals surface area contributed by atoms with Crippen molar-refractivity contribution in [1.29, 1.82) is 0 Å². The Balaban J connectivity index is 0.00000400. The van der Waals surface area contributed by atoms with E-state index in [1.807, 2.05) is 19.1 Å². The molecule has 0 aliphatic rings. The molecular weight excluding hydrogens is 302 g/mol. The summed E-state index contributed by atoms with van der Waals surface area (Å²) in [4.78, 5) is 11.6. The molecule has 21 heavy (non-hydrogen) atoms. The Labute approximate surface area is 129 Å². The number of rotatable bonds is 7. The molecule has 0 aromatic heterocycles. The van der Waals surface area contributed by atoms with E-state index in [1.165, 1.54) is 0 Å². The molecule has 1 unspecified atom stereocenters. The monoisotopic (exact) mass is 322 g/mol. The second kappa shape index (κ2) is 8.79. The number of benzene rings is 1. The fourth-order valence-electron chi connectivity index (χ4n) is 1.70. The molecule has 7 heteroatoms. The van der Waals surface area contributed by atoms with Gasteiger partial charge in [-0.05, 0) is 23.6 Å². The van der Waals surface area contributed by atoms with Crippen LogP contribution in [0.3, 0.4) is 0 Å². The normalized spacial score (nSPS) is 12.2. The van der Waals surface area contributed by atoms with Crippen LogP contribution in [-0.2, 0) is 4.79 Å². The van der Waals surface area contributed by atoms with Crippen LogP contribution in [0.5, 0.6) is 5.75 Å². The molecule has 3 N–H and O–H groups in total. The van der Waals surface area contributed by atoms with Crippen molar-refractivity contribution >= 4 is 18.3 Å². The maximum Gasteiger partial charge on any atom is 0.277 e. The number of halogens is 3. The van der Waals surface area contributed by atoms with Crippen LogP contribution in [0, 0.1) is 0 Å². The van der Waals surface area contributed by atoms with Gasteiger partial charge in [-0.1, -0.05) is 19.1 Å². The molecule has 0 aliphatic heterocycles. The van der Waals surface area contributed by atoms with E-state index in [4.69, 9.17) is 10.5 Å². The summed E-state index contributed by atoms with van der Waals surface area (Å²) in [5.41, 5.74) is 5.85. The van der Waals surface area contributed by atoms with Gasteiger partial charge in [0.05, 0.1) is 20.2 Å². The summed E-state index contributed by atoms with van der Waals surface area (Å²) < 4.78 is 30.9. The number of carbonyl (C=O) groups excluding carboxylic acids is 1. The average molecular weight is 323 g/mol. The Kier molecular flexibility index (Phi) is 8.21. The van der Waals surface area contributed by atoms with Crippen molar-refractivity contribution < 1.29 is 18.3 Å². The van der Waals surface area contributed by atoms with Crippen LogP contribution in [0.4, 0.5) is 8.78 Å². The minimum absolute atomic E-state index is 0. The van der Waals surface area contributed by atoms with E-state index < -0.39 is 24.9 Å². The molecule has 0 saturated carbocycles. The summed E-state index contributed by atoms with van der Waals surface area (Å²) in [7, 11) is 1.57. The van der Waals surface area contributed by atoms with Crippen molar-refractivity contribution in [2.24, 2.45) is 5.73 Å². The lowest BCUT2D eigenvalue weighted by atomic mass is 9.97. The molecule has 0 spiro atoms. The average Bonchev–Trinajstić information content (AvgIpc) is 2.45. The number of methoxy groups -OCH3 is 1. The van der Waals surface area contributed by atoms with Gasteiger partial charge in [-0.3, -0.25) is 4.79 Å². The number of nitrogens with two attached hydrogens (primary N) is 1. The minimum Gasteiger partial charge on any atom is -0.497 e. The number of amides is 1. The van der Waals surface area contributed by atoms with Gasteiger partial charge < -0.3 is 15.8 Å². The third kappa shape index (κ3) is 6.73. The molecule has 1 amide bonds. The maximum atomic E-state index is 12.9. The molecule has 0 aliphatic carbocycles. The highest BCUT2D eigenvalue weighted by molar-refractivity contribution is 5.85. The van der Waals surface area contributed by atoms with Crippen molar-refractivity contribution in [3.8, 4) is 5.75 Å². The highest BCUT2D eigenvalue weighted by Crippen LogP contribution is 2.21. The molecule has 1 aromatic rings. The Bertz CT molecular complexity index is 441. The predicted octanol–water partition coefficient (Wildman–Crippen LogP) is 2.32. The largest absolute Gasteiger partial charge is 0.497 e. The van der Waals surface area contributed by atoms with E-state index in [-0.39, 0.29) is 24.7 Å². The Hall–Kier alpha value is -1.40. The summed E-state index contributed by atoms with van der Waals surface area (Å²) >= 11 is 0. The van der Waals surface area contributed by atoms with Gasteiger partial charge in [0.25, 0.3) is 5.92 Å². The first-order chi connectivity index (χ1) is 9.38. The Morgan fingerprint density at radius 2 is 1.95 bits per heavy atom. The van der Waals surface area contributed by atoms with E-state index >= 15 is 0 Å². The van der Waals surface area contributed by atoms with E-state index in [0.717, 1.165) is 11.3 Å². The van der Waals surface area contributed by atoms with E-state index in [9.17, 15) is 13.6 Å². The summed E-state index contributed by atoms with van der Waals surface area (Å²) in [5.74, 6) is -2.80. The molecule has 120 valence electrons. The van der Waals surface area contributed by atoms with Gasteiger partial charge >= 0.3 is 0 Å². The molecule has 1 atom stereocenters. The second-order valence-corrected chi connectivity index (χ2v) is 4.72. The fourth-order valence-corrected chi connectivity index (χ4v) is 1.70. The molecule has 0 radical (unpaired) electrons. The van der Waals surface area contributed by atoms with Crippen molar-refractivity contribution in [1.82, 2.24) is 5.32 Å². The highest BCUT2D eigenvalue weighted by Gasteiger charge is 2.27. The number of hydrogen-bond acceptors (Lipinski definition) is 3. The standard InChI is InChI=1S/C14H20F2N2O2.ClH/c1-10(11-3-5-12(20-2)6-4-11)7-13(19)18-9-14(15,16)8-17;/h3-6,10H,7-9,17H2,1-2H3,(H,18,19);1H. The third-order valence-corrected chi connectivity index (χ3v) is 3.02. The van der Waals surface area contributed by atoms with Crippen LogP contribution in [0.2, 0.25) is 0 Å². The van der Waals surface area contributed by atoms with Crippen LogP contribution >= 0.6 is 12.4 Å². The molecule has 0 fully saturated rings. The number of hydrogen-bond donors (Lipinski definition) is 2. The minimum atomic E-state index is -3.06.